The average molecular weight is 1470 g/mol. The molecule has 578 valence electrons. The van der Waals surface area contributed by atoms with E-state index >= 15 is 0 Å². The minimum absolute atomic E-state index is 0. The number of carbonyl (C=O) groups is 11. The van der Waals surface area contributed by atoms with Crippen LogP contribution in [0, 0.1) is 41.4 Å². The van der Waals surface area contributed by atoms with Gasteiger partial charge in [-0.05, 0) is 176 Å². The molecule has 2 saturated heterocycles. The number of hydrogen-bond acceptors (Lipinski definition) is 20. The maximum atomic E-state index is 14.7. The van der Waals surface area contributed by atoms with Gasteiger partial charge in [-0.15, -0.1) is 0 Å². The number of aromatic hydroxyl groups is 1. The van der Waals surface area contributed by atoms with Gasteiger partial charge in [0.05, 0.1) is 109 Å². The first-order valence-corrected chi connectivity index (χ1v) is 37.4. The molecule has 1 N–H and O–H groups in total. The number of hydrogen-bond donors (Lipinski definition) is 1. The van der Waals surface area contributed by atoms with E-state index in [9.17, 15) is 57.8 Å². The van der Waals surface area contributed by atoms with Crippen LogP contribution < -0.4 is 9.47 Å². The molecule has 11 rings (SSSR count). The van der Waals surface area contributed by atoms with Gasteiger partial charge in [0.1, 0.15) is 28.3 Å². The lowest BCUT2D eigenvalue weighted by Crippen LogP contribution is -2.48. The van der Waals surface area contributed by atoms with Gasteiger partial charge in [-0.3, -0.25) is 52.7 Å². The SMILES string of the molecule is C.C.CCOC(=O)[C@]12CC(=O)[C@@H]3CC(=O)CN3C(=O)[C@@H](CC(=O)OC(C)(C)C)CCCCC/C=C\[C@@H]1C2.CCOC(=O)[C@]12CC(=O)[C@@H]3C[C@]4(CC(=O)c5c(c(CC)nc6ccc(OC)cc56)O4)CN3C(=O)[C@@H](CC(=O)OC(C)(C)C)CCCCC/C=C\[C@@H]1C2.CCc1nc2ccc(C)cc2c(C(C)=O)c1O. The molecular weight excluding hydrogens is 1350 g/mol. The number of Topliss-reactive ketones (excluding diaryl/α,β-unsaturated/α-hetero) is 5. The lowest BCUT2D eigenvalue weighted by molar-refractivity contribution is -0.159. The van der Waals surface area contributed by atoms with Crippen LogP contribution in [0.3, 0.4) is 0 Å². The third kappa shape index (κ3) is 19.7. The summed E-state index contributed by atoms with van der Waals surface area (Å²) in [6, 6.07) is 9.25. The van der Waals surface area contributed by atoms with E-state index in [1.165, 1.54) is 16.7 Å². The molecule has 2 aliphatic carbocycles. The van der Waals surface area contributed by atoms with Gasteiger partial charge in [-0.2, -0.15) is 0 Å². The monoisotopic (exact) mass is 1470 g/mol. The summed E-state index contributed by atoms with van der Waals surface area (Å²) >= 11 is 0. The van der Waals surface area contributed by atoms with Gasteiger partial charge in [0, 0.05) is 48.3 Å². The second-order valence-corrected chi connectivity index (χ2v) is 31.3. The van der Waals surface area contributed by atoms with Crippen LogP contribution in [-0.2, 0) is 74.9 Å². The Morgan fingerprint density at radius 3 is 1.65 bits per heavy atom. The van der Waals surface area contributed by atoms with Crippen LogP contribution in [0.2, 0.25) is 0 Å². The summed E-state index contributed by atoms with van der Waals surface area (Å²) in [4.78, 5) is 159. The van der Waals surface area contributed by atoms with E-state index in [1.807, 2.05) is 57.2 Å². The Morgan fingerprint density at radius 2 is 1.14 bits per heavy atom. The number of aryl methyl sites for hydroxylation is 3. The molecule has 9 atom stereocenters. The predicted octanol–water partition coefficient (Wildman–Crippen LogP) is 14.3. The molecule has 5 aliphatic heterocycles. The molecule has 106 heavy (non-hydrogen) atoms. The molecule has 4 aromatic rings. The van der Waals surface area contributed by atoms with Crippen molar-refractivity contribution in [2.45, 2.75) is 262 Å². The Morgan fingerprint density at radius 1 is 0.632 bits per heavy atom. The topological polar surface area (TPSA) is 296 Å². The van der Waals surface area contributed by atoms with Crippen LogP contribution in [0.15, 0.2) is 60.7 Å². The molecule has 0 radical (unpaired) electrons. The number of esters is 4. The first kappa shape index (κ1) is 84.6. The normalized spacial score (nSPS) is 26.0. The fourth-order valence-corrected chi connectivity index (χ4v) is 15.6. The minimum Gasteiger partial charge on any atom is -0.505 e. The lowest BCUT2D eigenvalue weighted by Gasteiger charge is -2.36. The summed E-state index contributed by atoms with van der Waals surface area (Å²) in [7, 11) is 1.56. The number of allylic oxidation sites excluding steroid dienone is 4. The largest absolute Gasteiger partial charge is 0.505 e. The Kier molecular flexibility index (Phi) is 28.2. The Labute approximate surface area is 625 Å². The van der Waals surface area contributed by atoms with Crippen molar-refractivity contribution in [3.05, 3.63) is 88.8 Å². The number of rotatable bonds is 12. The molecule has 4 fully saturated rings. The first-order chi connectivity index (χ1) is 49.2. The van der Waals surface area contributed by atoms with Crippen LogP contribution >= 0.6 is 0 Å². The van der Waals surface area contributed by atoms with Gasteiger partial charge in [0.15, 0.2) is 34.7 Å². The van der Waals surface area contributed by atoms with Gasteiger partial charge in [0.25, 0.3) is 0 Å². The van der Waals surface area contributed by atoms with Crippen molar-refractivity contribution in [1.29, 1.82) is 0 Å². The second kappa shape index (κ2) is 35.4. The Hall–Kier alpha value is -8.69. The summed E-state index contributed by atoms with van der Waals surface area (Å²) < 4.78 is 34.2. The van der Waals surface area contributed by atoms with Crippen LogP contribution in [0.1, 0.15) is 251 Å². The van der Waals surface area contributed by atoms with Crippen LogP contribution in [0.5, 0.6) is 17.2 Å². The van der Waals surface area contributed by atoms with Crippen LogP contribution in [0.25, 0.3) is 21.8 Å². The van der Waals surface area contributed by atoms with Crippen molar-refractivity contribution >= 4 is 86.4 Å². The van der Waals surface area contributed by atoms with Gasteiger partial charge in [-0.25, -0.2) is 9.97 Å². The average Bonchev–Trinajstić information content (AvgIpc) is 1.87. The molecule has 2 amide bonds. The van der Waals surface area contributed by atoms with Gasteiger partial charge in [-0.1, -0.05) is 90.3 Å². The van der Waals surface area contributed by atoms with Gasteiger partial charge < -0.3 is 43.3 Å². The molecule has 22 heteroatoms. The molecule has 7 aliphatic rings. The van der Waals surface area contributed by atoms with E-state index in [0.29, 0.717) is 89.9 Å². The van der Waals surface area contributed by atoms with Crippen molar-refractivity contribution < 1.29 is 86.3 Å². The van der Waals surface area contributed by atoms with Crippen LogP contribution in [-0.4, -0.2) is 152 Å². The third-order valence-corrected chi connectivity index (χ3v) is 20.9. The number of benzene rings is 2. The predicted molar refractivity (Wildman–Crippen MR) is 402 cm³/mol. The van der Waals surface area contributed by atoms with E-state index in [4.69, 9.17) is 33.4 Å². The highest BCUT2D eigenvalue weighted by atomic mass is 16.6. The van der Waals surface area contributed by atoms with E-state index in [2.05, 4.69) is 17.1 Å². The number of aromatic nitrogens is 2. The zero-order valence-electron chi connectivity index (χ0n) is 63.1. The third-order valence-electron chi connectivity index (χ3n) is 20.9. The highest BCUT2D eigenvalue weighted by molar-refractivity contribution is 6.12. The lowest BCUT2D eigenvalue weighted by atomic mass is 9.84. The number of methoxy groups -OCH3 is 1. The number of fused-ring (bicyclic) bond motifs is 8. The summed E-state index contributed by atoms with van der Waals surface area (Å²) in [5.74, 6) is -4.12. The number of ketones is 5. The fraction of sp³-hybridized carbons (Fsp3) is 0.607. The fourth-order valence-electron chi connectivity index (χ4n) is 15.6. The maximum absolute atomic E-state index is 14.7. The van der Waals surface area contributed by atoms with Crippen molar-refractivity contribution in [3.8, 4) is 17.2 Å². The molecule has 2 saturated carbocycles. The first-order valence-electron chi connectivity index (χ1n) is 37.4. The maximum Gasteiger partial charge on any atom is 0.313 e. The standard InChI is InChI=1S/C41H52N2O9.C27H39NO7.C14H15NO2.2CH4/c1-7-29-36-35(28-19-27(49-6)16-17-30(28)42-29)33(45)22-40(52-36)21-31-32(44)23-41(38(48)50-8-2)20-26(41)15-13-11-9-10-12-14-25(37(47)43(31)24-40)18-34(46)51-39(3,4)5;1-5-34-25(33)27-15-19(27)12-10-8-6-7-9-11-18(13-23(31)35-26(2,3)4)24(32)28-17-20(29)14-21(28)22(30)16-27;1-4-11-14(17)13(9(3)16)10-7-8(2)5-6-12(10)15-11;;/h13,15-17,19,25-26,31H,7-12,14,18,20-24H2,1-6H3;10,12,18-19,21H,5-9,11,13-17H2,1-4H3;5-7,17H,4H2,1-3H3;2*1H4/b15-13-;12-10-;;;/t25-,26-,31+,40+,41-;18-,19-,21+,27-;;;/m11.../s1. The van der Waals surface area contributed by atoms with E-state index < -0.39 is 75.4 Å². The highest BCUT2D eigenvalue weighted by Crippen LogP contribution is 2.59. The minimum atomic E-state index is -1.21. The number of amides is 2. The van der Waals surface area contributed by atoms with E-state index in [1.54, 1.807) is 74.6 Å². The molecule has 7 heterocycles. The number of carbonyl (C=O) groups excluding carboxylic acids is 11. The molecule has 22 nitrogen and oxygen atoms in total. The molecule has 1 spiro atoms. The van der Waals surface area contributed by atoms with E-state index in [0.717, 1.165) is 61.4 Å². The molecule has 0 bridgehead atoms. The smallest absolute Gasteiger partial charge is 0.313 e. The quantitative estimate of drug-likeness (QED) is 0.0596. The number of pyridine rings is 2. The zero-order chi connectivity index (χ0) is 75.8. The molecule has 2 aromatic carbocycles. The summed E-state index contributed by atoms with van der Waals surface area (Å²) in [5, 5.41) is 11.4. The Balaban J connectivity index is 0.000000249. The van der Waals surface area contributed by atoms with Gasteiger partial charge in [0.2, 0.25) is 11.8 Å². The molecule has 2 aromatic heterocycles. The van der Waals surface area contributed by atoms with Crippen molar-refractivity contribution in [2.24, 2.45) is 34.5 Å². The molecular formula is C84H114N4O18. The van der Waals surface area contributed by atoms with E-state index in [-0.39, 0.29) is 144 Å². The molecule has 0 unspecified atom stereocenters. The van der Waals surface area contributed by atoms with Gasteiger partial charge >= 0.3 is 23.9 Å². The second-order valence-electron chi connectivity index (χ2n) is 31.3. The number of ether oxygens (including phenoxy) is 6. The van der Waals surface area contributed by atoms with Crippen molar-refractivity contribution in [3.63, 3.8) is 0 Å². The summed E-state index contributed by atoms with van der Waals surface area (Å²) in [6.07, 6.45) is 17.5. The summed E-state index contributed by atoms with van der Waals surface area (Å²) in [6.45, 7) is 21.7. The summed E-state index contributed by atoms with van der Waals surface area (Å²) in [5.41, 5.74) is -0.0789. The number of nitrogens with zero attached hydrogens (tertiary/aromatic N) is 4. The van der Waals surface area contributed by atoms with Crippen molar-refractivity contribution in [2.75, 3.05) is 33.4 Å². The Bertz CT molecular complexity index is 4050. The highest BCUT2D eigenvalue weighted by Gasteiger charge is 2.64. The zero-order valence-corrected chi connectivity index (χ0v) is 63.1. The van der Waals surface area contributed by atoms with Crippen molar-refractivity contribution in [1.82, 2.24) is 19.8 Å². The van der Waals surface area contributed by atoms with Crippen LogP contribution in [0.4, 0.5) is 0 Å².